The van der Waals surface area contributed by atoms with Gasteiger partial charge in [-0.3, -0.25) is 4.84 Å². The molecule has 4 heteroatoms. The van der Waals surface area contributed by atoms with Crippen molar-refractivity contribution in [3.63, 3.8) is 0 Å². The number of benzene rings is 1. The highest BCUT2D eigenvalue weighted by atomic mass is 32.1. The molecule has 0 aliphatic carbocycles. The Morgan fingerprint density at radius 1 is 1.53 bits per heavy atom. The van der Waals surface area contributed by atoms with E-state index >= 15 is 0 Å². The van der Waals surface area contributed by atoms with Gasteiger partial charge in [-0.15, -0.1) is 6.42 Å². The smallest absolute Gasteiger partial charge is 0.0930 e. The molecule has 0 aromatic heterocycles. The fourth-order valence-electron chi connectivity index (χ4n) is 1.26. The molecule has 0 amide bonds. The second-order valence-corrected chi connectivity index (χ2v) is 3.33. The van der Waals surface area contributed by atoms with E-state index in [4.69, 9.17) is 12.3 Å². The molecule has 0 fully saturated rings. The summed E-state index contributed by atoms with van der Waals surface area (Å²) in [7, 11) is 0. The van der Waals surface area contributed by atoms with Crippen LogP contribution in [-0.2, 0) is 17.2 Å². The van der Waals surface area contributed by atoms with Gasteiger partial charge in [0, 0.05) is 11.4 Å². The Morgan fingerprint density at radius 3 is 2.93 bits per heavy atom. The molecule has 1 aromatic carbocycles. The van der Waals surface area contributed by atoms with E-state index in [-0.39, 0.29) is 0 Å². The highest BCUT2D eigenvalue weighted by Gasteiger charge is 2.01. The second-order valence-electron chi connectivity index (χ2n) is 3.02. The Bertz CT molecular complexity index is 360. The van der Waals surface area contributed by atoms with E-state index < -0.39 is 0 Å². The highest BCUT2D eigenvalue weighted by molar-refractivity contribution is 7.79. The van der Waals surface area contributed by atoms with Gasteiger partial charge in [0.1, 0.15) is 0 Å². The van der Waals surface area contributed by atoms with E-state index in [1.807, 2.05) is 18.2 Å². The molecule has 0 heterocycles. The topological polar surface area (TPSA) is 47.3 Å². The number of nitrogens with two attached hydrogens (primary N) is 1. The van der Waals surface area contributed by atoms with Gasteiger partial charge in [0.15, 0.2) is 0 Å². The number of hydrogen-bond acceptors (Lipinski definition) is 4. The van der Waals surface area contributed by atoms with E-state index in [9.17, 15) is 0 Å². The first-order valence-electron chi connectivity index (χ1n) is 4.53. The van der Waals surface area contributed by atoms with Gasteiger partial charge in [0.05, 0.1) is 13.2 Å². The van der Waals surface area contributed by atoms with Crippen LogP contribution in [-0.4, -0.2) is 6.54 Å². The molecule has 0 saturated carbocycles. The number of hydrogen-bond donors (Lipinski definition) is 3. The molecule has 0 aliphatic heterocycles. The average Bonchev–Trinajstić information content (AvgIpc) is 2.27. The minimum atomic E-state index is 0.386. The van der Waals surface area contributed by atoms with Crippen LogP contribution in [0.2, 0.25) is 0 Å². The maximum absolute atomic E-state index is 5.19. The summed E-state index contributed by atoms with van der Waals surface area (Å²) in [6.45, 7) is 0.880. The van der Waals surface area contributed by atoms with Crippen LogP contribution in [0.4, 0.5) is 5.69 Å². The Labute approximate surface area is 95.4 Å². The molecule has 0 saturated heterocycles. The normalized spacial score (nSPS) is 9.67. The van der Waals surface area contributed by atoms with Gasteiger partial charge in [0.2, 0.25) is 0 Å². The van der Waals surface area contributed by atoms with Crippen molar-refractivity contribution in [2.75, 3.05) is 11.9 Å². The maximum Gasteiger partial charge on any atom is 0.0930 e. The van der Waals surface area contributed by atoms with Crippen LogP contribution in [0.15, 0.2) is 18.2 Å². The summed E-state index contributed by atoms with van der Waals surface area (Å²) < 4.78 is 0. The summed E-state index contributed by atoms with van der Waals surface area (Å²) in [5.74, 6) is 8.20. The highest BCUT2D eigenvalue weighted by Crippen LogP contribution is 2.19. The number of rotatable bonds is 5. The van der Waals surface area contributed by atoms with E-state index in [0.29, 0.717) is 18.9 Å². The summed E-state index contributed by atoms with van der Waals surface area (Å²) >= 11 is 4.24. The van der Waals surface area contributed by atoms with Gasteiger partial charge in [-0.2, -0.15) is 12.6 Å². The molecule has 0 unspecified atom stereocenters. The van der Waals surface area contributed by atoms with Crippen LogP contribution >= 0.6 is 12.6 Å². The summed E-state index contributed by atoms with van der Waals surface area (Å²) in [6, 6.07) is 5.91. The third-order valence-corrected chi connectivity index (χ3v) is 2.32. The van der Waals surface area contributed by atoms with E-state index in [0.717, 1.165) is 16.8 Å². The van der Waals surface area contributed by atoms with Crippen LogP contribution < -0.4 is 11.2 Å². The predicted octanol–water partition coefficient (Wildman–Crippen LogP) is 1.55. The largest absolute Gasteiger partial charge is 0.374 e. The number of nitrogens with one attached hydrogen (secondary N) is 1. The first-order valence-corrected chi connectivity index (χ1v) is 5.16. The molecular weight excluding hydrogens is 208 g/mol. The quantitative estimate of drug-likeness (QED) is 0.402. The Morgan fingerprint density at radius 2 is 2.33 bits per heavy atom. The Balaban J connectivity index is 2.87. The average molecular weight is 222 g/mol. The Kier molecular flexibility index (Phi) is 5.05. The molecule has 0 atom stereocenters. The minimum Gasteiger partial charge on any atom is -0.374 e. The number of terminal acetylenes is 1. The lowest BCUT2D eigenvalue weighted by Gasteiger charge is -2.10. The standard InChI is InChI=1S/C11H14N2OS/c1-2-5-13-11-6-9(7-14-12)3-4-10(11)8-15/h1,3-4,6,13,15H,5,7-8,12H2. The molecule has 0 spiro atoms. The molecule has 1 rings (SSSR count). The third-order valence-electron chi connectivity index (χ3n) is 1.98. The fourth-order valence-corrected chi connectivity index (χ4v) is 1.53. The predicted molar refractivity (Wildman–Crippen MR) is 65.4 cm³/mol. The molecular formula is C11H14N2OS. The monoisotopic (exact) mass is 222 g/mol. The van der Waals surface area contributed by atoms with Crippen molar-refractivity contribution >= 4 is 18.3 Å². The minimum absolute atomic E-state index is 0.386. The molecule has 15 heavy (non-hydrogen) atoms. The van der Waals surface area contributed by atoms with Crippen LogP contribution in [0.5, 0.6) is 0 Å². The van der Waals surface area contributed by atoms with Gasteiger partial charge in [-0.1, -0.05) is 18.1 Å². The first-order chi connectivity index (χ1) is 7.31. The van der Waals surface area contributed by atoms with Crippen LogP contribution in [0, 0.1) is 12.3 Å². The third kappa shape index (κ3) is 3.48. The van der Waals surface area contributed by atoms with E-state index in [2.05, 4.69) is 28.7 Å². The first kappa shape index (κ1) is 11.9. The van der Waals surface area contributed by atoms with Crippen molar-refractivity contribution < 1.29 is 4.84 Å². The molecule has 0 radical (unpaired) electrons. The van der Waals surface area contributed by atoms with E-state index in [1.165, 1.54) is 0 Å². The van der Waals surface area contributed by atoms with Crippen LogP contribution in [0.25, 0.3) is 0 Å². The maximum atomic E-state index is 5.19. The van der Waals surface area contributed by atoms with Crippen molar-refractivity contribution in [3.05, 3.63) is 29.3 Å². The second kappa shape index (κ2) is 6.36. The lowest BCUT2D eigenvalue weighted by Crippen LogP contribution is -2.04. The van der Waals surface area contributed by atoms with Crippen molar-refractivity contribution in [3.8, 4) is 12.3 Å². The number of thiol groups is 1. The zero-order valence-electron chi connectivity index (χ0n) is 8.36. The van der Waals surface area contributed by atoms with Crippen LogP contribution in [0.3, 0.4) is 0 Å². The van der Waals surface area contributed by atoms with Crippen molar-refractivity contribution in [1.82, 2.24) is 0 Å². The molecule has 0 aliphatic rings. The van der Waals surface area contributed by atoms with E-state index in [1.54, 1.807) is 0 Å². The van der Waals surface area contributed by atoms with Crippen molar-refractivity contribution in [1.29, 1.82) is 0 Å². The summed E-state index contributed by atoms with van der Waals surface area (Å²) in [5.41, 5.74) is 3.09. The van der Waals surface area contributed by atoms with Crippen molar-refractivity contribution in [2.24, 2.45) is 5.90 Å². The molecule has 3 nitrogen and oxygen atoms in total. The van der Waals surface area contributed by atoms with Crippen molar-refractivity contribution in [2.45, 2.75) is 12.4 Å². The number of anilines is 1. The lowest BCUT2D eigenvalue weighted by atomic mass is 10.1. The van der Waals surface area contributed by atoms with Gasteiger partial charge in [-0.05, 0) is 17.2 Å². The fraction of sp³-hybridized carbons (Fsp3) is 0.273. The zero-order chi connectivity index (χ0) is 11.1. The van der Waals surface area contributed by atoms with Gasteiger partial charge in [0.25, 0.3) is 0 Å². The summed E-state index contributed by atoms with van der Waals surface area (Å²) in [5, 5.41) is 3.13. The van der Waals surface area contributed by atoms with Gasteiger partial charge >= 0.3 is 0 Å². The SMILES string of the molecule is C#CCNc1cc(CON)ccc1CS. The Hall–Kier alpha value is -1.15. The molecule has 3 N–H and O–H groups in total. The summed E-state index contributed by atoms with van der Waals surface area (Å²) in [4.78, 5) is 4.57. The molecule has 1 aromatic rings. The zero-order valence-corrected chi connectivity index (χ0v) is 9.26. The van der Waals surface area contributed by atoms with Gasteiger partial charge < -0.3 is 5.32 Å². The van der Waals surface area contributed by atoms with Gasteiger partial charge in [-0.25, -0.2) is 5.90 Å². The molecule has 80 valence electrons. The van der Waals surface area contributed by atoms with Crippen LogP contribution in [0.1, 0.15) is 11.1 Å². The lowest BCUT2D eigenvalue weighted by molar-refractivity contribution is 0.124. The molecule has 0 bridgehead atoms. The summed E-state index contributed by atoms with van der Waals surface area (Å²) in [6.07, 6.45) is 5.19.